The maximum absolute atomic E-state index is 12.8. The van der Waals surface area contributed by atoms with Crippen molar-refractivity contribution in [2.24, 2.45) is 0 Å². The summed E-state index contributed by atoms with van der Waals surface area (Å²) in [5, 5.41) is 0. The zero-order valence-corrected chi connectivity index (χ0v) is 47.1. The highest BCUT2D eigenvalue weighted by Crippen LogP contribution is 2.17. The molecule has 0 amide bonds. The normalized spacial score (nSPS) is 12.2. The van der Waals surface area contributed by atoms with Crippen molar-refractivity contribution in [1.29, 1.82) is 0 Å². The number of rotatable bonds is 57. The van der Waals surface area contributed by atoms with Crippen LogP contribution in [0.5, 0.6) is 0 Å². The van der Waals surface area contributed by atoms with Gasteiger partial charge in [-0.15, -0.1) is 0 Å². The van der Waals surface area contributed by atoms with Gasteiger partial charge in [0.2, 0.25) is 0 Å². The van der Waals surface area contributed by atoms with Gasteiger partial charge in [0.15, 0.2) is 6.10 Å². The standard InChI is InChI=1S/C64H118O6/c1-4-7-10-13-16-19-22-24-26-27-28-29-30-31-32-33-34-35-36-37-39-40-42-45-48-51-54-57-63(66)69-60-61(59-68-62(65)56-53-50-47-44-21-18-15-12-9-6-3)70-64(67)58-55-52-49-46-43-41-38-25-23-20-17-14-11-8-5-2/h17,20,25,27-28,38,61H,4-16,18-19,21-24,26,29-37,39-60H2,1-3H3/b20-17-,28-27-,38-25-. The summed E-state index contributed by atoms with van der Waals surface area (Å²) in [7, 11) is 0. The van der Waals surface area contributed by atoms with Crippen LogP contribution in [0.15, 0.2) is 36.5 Å². The van der Waals surface area contributed by atoms with E-state index < -0.39 is 6.10 Å². The van der Waals surface area contributed by atoms with E-state index in [0.717, 1.165) is 83.5 Å². The Hall–Kier alpha value is -2.37. The fraction of sp³-hybridized carbons (Fsp3) is 0.859. The second-order valence-electron chi connectivity index (χ2n) is 21.0. The Morgan fingerprint density at radius 2 is 0.514 bits per heavy atom. The Morgan fingerprint density at radius 3 is 0.829 bits per heavy atom. The zero-order valence-electron chi connectivity index (χ0n) is 47.1. The predicted molar refractivity (Wildman–Crippen MR) is 302 cm³/mol. The average molecular weight is 984 g/mol. The molecule has 0 aromatic carbocycles. The highest BCUT2D eigenvalue weighted by molar-refractivity contribution is 5.71. The molecule has 0 aromatic heterocycles. The monoisotopic (exact) mass is 983 g/mol. The Balaban J connectivity index is 4.15. The number of unbranched alkanes of at least 4 members (excludes halogenated alkanes) is 40. The molecule has 1 unspecified atom stereocenters. The van der Waals surface area contributed by atoms with Crippen LogP contribution < -0.4 is 0 Å². The molecule has 0 bridgehead atoms. The summed E-state index contributed by atoms with van der Waals surface area (Å²) < 4.78 is 16.9. The van der Waals surface area contributed by atoms with E-state index in [0.29, 0.717) is 19.3 Å². The third-order valence-electron chi connectivity index (χ3n) is 13.9. The Morgan fingerprint density at radius 1 is 0.286 bits per heavy atom. The van der Waals surface area contributed by atoms with Gasteiger partial charge in [-0.3, -0.25) is 14.4 Å². The third-order valence-corrected chi connectivity index (χ3v) is 13.9. The maximum atomic E-state index is 12.8. The van der Waals surface area contributed by atoms with Crippen molar-refractivity contribution < 1.29 is 28.6 Å². The van der Waals surface area contributed by atoms with E-state index in [2.05, 4.69) is 57.2 Å². The number of allylic oxidation sites excluding steroid dienone is 6. The fourth-order valence-corrected chi connectivity index (χ4v) is 9.18. The molecule has 0 saturated carbocycles. The van der Waals surface area contributed by atoms with Crippen molar-refractivity contribution in [1.82, 2.24) is 0 Å². The zero-order chi connectivity index (χ0) is 50.7. The smallest absolute Gasteiger partial charge is 0.306 e. The van der Waals surface area contributed by atoms with Gasteiger partial charge in [0.25, 0.3) is 0 Å². The van der Waals surface area contributed by atoms with Gasteiger partial charge >= 0.3 is 17.9 Å². The number of ether oxygens (including phenoxy) is 3. The molecule has 0 aliphatic carbocycles. The predicted octanol–water partition coefficient (Wildman–Crippen LogP) is 20.8. The largest absolute Gasteiger partial charge is 0.462 e. The molecule has 0 heterocycles. The first kappa shape index (κ1) is 67.6. The lowest BCUT2D eigenvalue weighted by molar-refractivity contribution is -0.167. The van der Waals surface area contributed by atoms with Gasteiger partial charge in [0.1, 0.15) is 13.2 Å². The van der Waals surface area contributed by atoms with Crippen LogP contribution in [0.25, 0.3) is 0 Å². The van der Waals surface area contributed by atoms with Gasteiger partial charge in [-0.05, 0) is 77.0 Å². The number of hydrogen-bond acceptors (Lipinski definition) is 6. The van der Waals surface area contributed by atoms with Crippen LogP contribution in [0.3, 0.4) is 0 Å². The van der Waals surface area contributed by atoms with E-state index in [9.17, 15) is 14.4 Å². The number of carbonyl (C=O) groups excluding carboxylic acids is 3. The maximum Gasteiger partial charge on any atom is 0.306 e. The van der Waals surface area contributed by atoms with Crippen molar-refractivity contribution in [2.75, 3.05) is 13.2 Å². The van der Waals surface area contributed by atoms with Crippen molar-refractivity contribution in [3.8, 4) is 0 Å². The summed E-state index contributed by atoms with van der Waals surface area (Å²) in [5.74, 6) is -0.871. The molecule has 0 fully saturated rings. The third kappa shape index (κ3) is 56.5. The Labute approximate surface area is 435 Å². The molecule has 0 spiro atoms. The summed E-state index contributed by atoms with van der Waals surface area (Å²) >= 11 is 0. The molecular weight excluding hydrogens is 865 g/mol. The summed E-state index contributed by atoms with van der Waals surface area (Å²) in [4.78, 5) is 38.1. The van der Waals surface area contributed by atoms with Crippen molar-refractivity contribution in [3.63, 3.8) is 0 Å². The van der Waals surface area contributed by atoms with Crippen LogP contribution in [-0.4, -0.2) is 37.2 Å². The molecule has 6 heteroatoms. The minimum atomic E-state index is -0.775. The molecule has 0 aliphatic heterocycles. The van der Waals surface area contributed by atoms with Gasteiger partial charge in [0.05, 0.1) is 0 Å². The molecule has 70 heavy (non-hydrogen) atoms. The molecule has 0 rings (SSSR count). The van der Waals surface area contributed by atoms with E-state index in [4.69, 9.17) is 14.2 Å². The van der Waals surface area contributed by atoms with E-state index in [1.807, 2.05) is 0 Å². The number of hydrogen-bond donors (Lipinski definition) is 0. The van der Waals surface area contributed by atoms with E-state index in [1.54, 1.807) is 0 Å². The van der Waals surface area contributed by atoms with E-state index in [1.165, 1.54) is 212 Å². The van der Waals surface area contributed by atoms with Crippen molar-refractivity contribution in [3.05, 3.63) is 36.5 Å². The topological polar surface area (TPSA) is 78.9 Å². The number of esters is 3. The van der Waals surface area contributed by atoms with Crippen molar-refractivity contribution in [2.45, 2.75) is 341 Å². The first-order chi connectivity index (χ1) is 34.5. The fourth-order valence-electron chi connectivity index (χ4n) is 9.18. The van der Waals surface area contributed by atoms with Crippen LogP contribution in [0, 0.1) is 0 Å². The minimum Gasteiger partial charge on any atom is -0.462 e. The summed E-state index contributed by atoms with van der Waals surface area (Å²) in [6, 6.07) is 0. The lowest BCUT2D eigenvalue weighted by atomic mass is 10.0. The molecule has 0 N–H and O–H groups in total. The lowest BCUT2D eigenvalue weighted by Gasteiger charge is -2.18. The van der Waals surface area contributed by atoms with Crippen LogP contribution in [0.4, 0.5) is 0 Å². The van der Waals surface area contributed by atoms with Gasteiger partial charge in [0, 0.05) is 19.3 Å². The van der Waals surface area contributed by atoms with E-state index >= 15 is 0 Å². The molecule has 0 aromatic rings. The van der Waals surface area contributed by atoms with Gasteiger partial charge in [-0.25, -0.2) is 0 Å². The Kier molecular flexibility index (Phi) is 57.2. The number of carbonyl (C=O) groups is 3. The second kappa shape index (κ2) is 59.2. The molecular formula is C64H118O6. The molecule has 410 valence electrons. The van der Waals surface area contributed by atoms with Gasteiger partial charge in [-0.2, -0.15) is 0 Å². The molecule has 6 nitrogen and oxygen atoms in total. The van der Waals surface area contributed by atoms with Crippen LogP contribution in [0.1, 0.15) is 335 Å². The summed E-state index contributed by atoms with van der Waals surface area (Å²) in [5.41, 5.74) is 0. The van der Waals surface area contributed by atoms with Crippen LogP contribution in [-0.2, 0) is 28.6 Å². The molecule has 0 radical (unpaired) electrons. The van der Waals surface area contributed by atoms with E-state index in [-0.39, 0.29) is 31.1 Å². The van der Waals surface area contributed by atoms with Crippen LogP contribution >= 0.6 is 0 Å². The average Bonchev–Trinajstić information content (AvgIpc) is 3.36. The summed E-state index contributed by atoms with van der Waals surface area (Å²) in [6.45, 7) is 6.63. The first-order valence-corrected chi connectivity index (χ1v) is 31.0. The first-order valence-electron chi connectivity index (χ1n) is 31.0. The molecule has 1 atom stereocenters. The highest BCUT2D eigenvalue weighted by atomic mass is 16.6. The van der Waals surface area contributed by atoms with Crippen molar-refractivity contribution >= 4 is 17.9 Å². The lowest BCUT2D eigenvalue weighted by Crippen LogP contribution is -2.30. The summed E-state index contributed by atoms with van der Waals surface area (Å²) in [6.07, 6.45) is 71.6. The SMILES string of the molecule is CCCCC/C=C\C/C=C\CCCCCCCC(=O)OC(COC(=O)CCCCCCCCCCCC)COC(=O)CCCCCCCCCCCCCCCCC/C=C\CCCCCCCCCC. The molecule has 0 saturated heterocycles. The quantitative estimate of drug-likeness (QED) is 0.0261. The minimum absolute atomic E-state index is 0.0738. The Bertz CT molecular complexity index is 1170. The molecule has 0 aliphatic rings. The second-order valence-corrected chi connectivity index (χ2v) is 21.0. The highest BCUT2D eigenvalue weighted by Gasteiger charge is 2.19. The van der Waals surface area contributed by atoms with Crippen LogP contribution in [0.2, 0.25) is 0 Å². The van der Waals surface area contributed by atoms with Gasteiger partial charge in [-0.1, -0.05) is 276 Å². The van der Waals surface area contributed by atoms with Gasteiger partial charge < -0.3 is 14.2 Å².